The molecule has 0 spiro atoms. The van der Waals surface area contributed by atoms with Crippen LogP contribution in [0.15, 0.2) is 60.8 Å². The molecule has 1 aromatic heterocycles. The molecule has 1 heterocycles. The van der Waals surface area contributed by atoms with E-state index in [1.807, 2.05) is 68.4 Å². The Morgan fingerprint density at radius 1 is 1.12 bits per heavy atom. The molecule has 1 atom stereocenters. The van der Waals surface area contributed by atoms with Crippen molar-refractivity contribution in [1.29, 1.82) is 0 Å². The minimum atomic E-state index is -1.65. The van der Waals surface area contributed by atoms with Crippen LogP contribution in [-0.2, 0) is 27.3 Å². The first-order chi connectivity index (χ1) is 15.3. The zero-order chi connectivity index (χ0) is 23.1. The number of benzene rings is 2. The Kier molecular flexibility index (Phi) is 7.34. The third kappa shape index (κ3) is 5.57. The Bertz CT molecular complexity index is 1130. The number of esters is 2. The van der Waals surface area contributed by atoms with Gasteiger partial charge in [-0.2, -0.15) is 0 Å². The van der Waals surface area contributed by atoms with E-state index in [2.05, 4.69) is 5.92 Å². The van der Waals surface area contributed by atoms with Gasteiger partial charge in [-0.3, -0.25) is 4.79 Å². The zero-order valence-corrected chi connectivity index (χ0v) is 18.4. The van der Waals surface area contributed by atoms with E-state index in [1.165, 1.54) is 0 Å². The van der Waals surface area contributed by atoms with Crippen molar-refractivity contribution in [2.75, 3.05) is 6.61 Å². The van der Waals surface area contributed by atoms with Crippen molar-refractivity contribution in [2.24, 2.45) is 11.7 Å². The maximum Gasteiger partial charge on any atom is 0.340 e. The van der Waals surface area contributed by atoms with Gasteiger partial charge in [-0.15, -0.1) is 6.42 Å². The zero-order valence-electron chi connectivity index (χ0n) is 18.4. The summed E-state index contributed by atoms with van der Waals surface area (Å²) in [5.41, 5.74) is 6.21. The van der Waals surface area contributed by atoms with Crippen LogP contribution in [0.2, 0.25) is 0 Å². The largest absolute Gasteiger partial charge is 0.464 e. The quantitative estimate of drug-likeness (QED) is 0.412. The molecule has 0 aliphatic carbocycles. The number of carbonyl (C=O) groups is 2. The standard InChI is InChI=1S/C26H28N2O4/c1-4-26(27,25(30)31-15-14-19(2)3)18-28-17-23(21-12-8-9-13-22(21)28)32-24(29)16-20-10-6-5-7-11-20/h1,5-13,17,19H,14-16,18,27H2,2-3H3. The first-order valence-corrected chi connectivity index (χ1v) is 10.6. The lowest BCUT2D eigenvalue weighted by atomic mass is 10.0. The fraction of sp³-hybridized carbons (Fsp3) is 0.308. The highest BCUT2D eigenvalue weighted by Crippen LogP contribution is 2.29. The normalized spacial score (nSPS) is 12.8. The van der Waals surface area contributed by atoms with E-state index >= 15 is 0 Å². The SMILES string of the molecule is C#CC(N)(Cn1cc(OC(=O)Cc2ccccc2)c2ccccc21)C(=O)OCCC(C)C. The van der Waals surface area contributed by atoms with E-state index in [4.69, 9.17) is 21.6 Å². The third-order valence-electron chi connectivity index (χ3n) is 5.14. The molecule has 32 heavy (non-hydrogen) atoms. The minimum absolute atomic E-state index is 0.0131. The van der Waals surface area contributed by atoms with Gasteiger partial charge in [-0.05, 0) is 30.0 Å². The lowest BCUT2D eigenvalue weighted by Gasteiger charge is -2.23. The highest BCUT2D eigenvalue weighted by molar-refractivity contribution is 5.90. The number of para-hydroxylation sites is 1. The van der Waals surface area contributed by atoms with Gasteiger partial charge >= 0.3 is 11.9 Å². The van der Waals surface area contributed by atoms with Crippen molar-refractivity contribution in [1.82, 2.24) is 4.57 Å². The van der Waals surface area contributed by atoms with E-state index in [0.29, 0.717) is 11.7 Å². The van der Waals surface area contributed by atoms with Gasteiger partial charge in [0.25, 0.3) is 0 Å². The number of carbonyl (C=O) groups excluding carboxylic acids is 2. The number of nitrogens with zero attached hydrogens (tertiary/aromatic N) is 1. The summed E-state index contributed by atoms with van der Waals surface area (Å²) in [6.07, 6.45) is 8.15. The predicted molar refractivity (Wildman–Crippen MR) is 124 cm³/mol. The molecular weight excluding hydrogens is 404 g/mol. The van der Waals surface area contributed by atoms with Gasteiger partial charge in [0, 0.05) is 11.6 Å². The van der Waals surface area contributed by atoms with Gasteiger partial charge < -0.3 is 19.8 Å². The van der Waals surface area contributed by atoms with E-state index in [-0.39, 0.29) is 25.5 Å². The average molecular weight is 433 g/mol. The summed E-state index contributed by atoms with van der Waals surface area (Å²) >= 11 is 0. The lowest BCUT2D eigenvalue weighted by Crippen LogP contribution is -2.51. The number of hydrogen-bond acceptors (Lipinski definition) is 5. The smallest absolute Gasteiger partial charge is 0.340 e. The first-order valence-electron chi connectivity index (χ1n) is 10.6. The third-order valence-corrected chi connectivity index (χ3v) is 5.14. The van der Waals surface area contributed by atoms with Crippen LogP contribution < -0.4 is 10.5 Å². The van der Waals surface area contributed by atoms with E-state index in [9.17, 15) is 9.59 Å². The second-order valence-corrected chi connectivity index (χ2v) is 8.21. The number of fused-ring (bicyclic) bond motifs is 1. The van der Waals surface area contributed by atoms with Crippen LogP contribution in [0, 0.1) is 18.3 Å². The van der Waals surface area contributed by atoms with Crippen molar-refractivity contribution in [3.05, 3.63) is 66.4 Å². The first kappa shape index (κ1) is 23.1. The number of ether oxygens (including phenoxy) is 2. The van der Waals surface area contributed by atoms with Gasteiger partial charge in [0.1, 0.15) is 0 Å². The summed E-state index contributed by atoms with van der Waals surface area (Å²) < 4.78 is 12.7. The number of terminal acetylenes is 1. The second-order valence-electron chi connectivity index (χ2n) is 8.21. The molecule has 6 heteroatoms. The number of nitrogens with two attached hydrogens (primary N) is 1. The van der Waals surface area contributed by atoms with E-state index in [0.717, 1.165) is 22.9 Å². The van der Waals surface area contributed by atoms with Gasteiger partial charge in [-0.25, -0.2) is 4.79 Å². The Morgan fingerprint density at radius 3 is 2.50 bits per heavy atom. The minimum Gasteiger partial charge on any atom is -0.464 e. The summed E-state index contributed by atoms with van der Waals surface area (Å²) in [7, 11) is 0. The summed E-state index contributed by atoms with van der Waals surface area (Å²) in [4.78, 5) is 25.1. The number of rotatable bonds is 9. The van der Waals surface area contributed by atoms with Gasteiger partial charge in [0.15, 0.2) is 11.3 Å². The summed E-state index contributed by atoms with van der Waals surface area (Å²) in [6, 6.07) is 16.8. The molecule has 3 aromatic rings. The molecule has 1 unspecified atom stereocenters. The van der Waals surface area contributed by atoms with Crippen molar-refractivity contribution in [3.63, 3.8) is 0 Å². The molecule has 0 saturated heterocycles. The molecule has 2 N–H and O–H groups in total. The Balaban J connectivity index is 1.80. The highest BCUT2D eigenvalue weighted by Gasteiger charge is 2.35. The molecule has 0 amide bonds. The average Bonchev–Trinajstić information content (AvgIpc) is 3.10. The molecule has 0 aliphatic rings. The highest BCUT2D eigenvalue weighted by atomic mass is 16.5. The number of aromatic nitrogens is 1. The predicted octanol–water partition coefficient (Wildman–Crippen LogP) is 3.71. The molecule has 0 aliphatic heterocycles. The van der Waals surface area contributed by atoms with Gasteiger partial charge in [0.2, 0.25) is 0 Å². The van der Waals surface area contributed by atoms with Crippen molar-refractivity contribution < 1.29 is 19.1 Å². The van der Waals surface area contributed by atoms with Crippen molar-refractivity contribution in [2.45, 2.75) is 38.8 Å². The fourth-order valence-corrected chi connectivity index (χ4v) is 3.30. The monoisotopic (exact) mass is 432 g/mol. The van der Waals surface area contributed by atoms with Gasteiger partial charge in [-0.1, -0.05) is 62.2 Å². The molecule has 6 nitrogen and oxygen atoms in total. The van der Waals surface area contributed by atoms with Crippen molar-refractivity contribution in [3.8, 4) is 18.1 Å². The Morgan fingerprint density at radius 2 is 1.81 bits per heavy atom. The molecule has 0 fully saturated rings. The maximum absolute atomic E-state index is 12.6. The molecule has 3 rings (SSSR count). The molecule has 0 bridgehead atoms. The van der Waals surface area contributed by atoms with Crippen LogP contribution in [0.5, 0.6) is 5.75 Å². The maximum atomic E-state index is 12.6. The fourth-order valence-electron chi connectivity index (χ4n) is 3.30. The topological polar surface area (TPSA) is 83.5 Å². The summed E-state index contributed by atoms with van der Waals surface area (Å²) in [6.45, 7) is 4.32. The van der Waals surface area contributed by atoms with Crippen LogP contribution >= 0.6 is 0 Å². The summed E-state index contributed by atoms with van der Waals surface area (Å²) in [5, 5.41) is 0.724. The molecule has 0 saturated carbocycles. The van der Waals surface area contributed by atoms with Crippen LogP contribution in [0.3, 0.4) is 0 Å². The number of hydrogen-bond donors (Lipinski definition) is 1. The lowest BCUT2D eigenvalue weighted by molar-refractivity contribution is -0.148. The van der Waals surface area contributed by atoms with Gasteiger partial charge in [0.05, 0.1) is 25.1 Å². The van der Waals surface area contributed by atoms with Crippen LogP contribution in [-0.4, -0.2) is 28.7 Å². The summed E-state index contributed by atoms with van der Waals surface area (Å²) in [5.74, 6) is 2.12. The Labute approximate surface area is 188 Å². The van der Waals surface area contributed by atoms with Crippen LogP contribution in [0.1, 0.15) is 25.8 Å². The molecule has 0 radical (unpaired) electrons. The van der Waals surface area contributed by atoms with Crippen LogP contribution in [0.4, 0.5) is 0 Å². The van der Waals surface area contributed by atoms with E-state index < -0.39 is 11.5 Å². The van der Waals surface area contributed by atoms with E-state index in [1.54, 1.807) is 10.8 Å². The molecule has 2 aromatic carbocycles. The second kappa shape index (κ2) is 10.2. The van der Waals surface area contributed by atoms with Crippen LogP contribution in [0.25, 0.3) is 10.9 Å². The van der Waals surface area contributed by atoms with Crippen molar-refractivity contribution >= 4 is 22.8 Å². The molecule has 166 valence electrons. The molecular formula is C26H28N2O4. The Hall–Kier alpha value is -3.56.